The first-order valence-corrected chi connectivity index (χ1v) is 5.92. The van der Waals surface area contributed by atoms with E-state index < -0.39 is 0 Å². The van der Waals surface area contributed by atoms with Gasteiger partial charge in [-0.1, -0.05) is 20.8 Å². The number of hydrogen-bond donors (Lipinski definition) is 2. The molecule has 1 aromatic rings. The second-order valence-corrected chi connectivity index (χ2v) is 5.25. The summed E-state index contributed by atoms with van der Waals surface area (Å²) in [5.41, 5.74) is 1.52. The van der Waals surface area contributed by atoms with Gasteiger partial charge in [-0.2, -0.15) is 0 Å². The van der Waals surface area contributed by atoms with Gasteiger partial charge in [0.15, 0.2) is 0 Å². The van der Waals surface area contributed by atoms with Gasteiger partial charge in [-0.25, -0.2) is 0 Å². The number of hydrogen-bond acceptors (Lipinski definition) is 3. The van der Waals surface area contributed by atoms with Crippen molar-refractivity contribution in [3.8, 4) is 0 Å². The molecule has 1 rings (SSSR count). The molecule has 3 nitrogen and oxygen atoms in total. The predicted molar refractivity (Wildman–Crippen MR) is 69.7 cm³/mol. The van der Waals surface area contributed by atoms with Crippen molar-refractivity contribution in [2.45, 2.75) is 27.2 Å². The van der Waals surface area contributed by atoms with Crippen molar-refractivity contribution in [3.05, 3.63) is 24.5 Å². The van der Waals surface area contributed by atoms with Gasteiger partial charge in [0.05, 0.1) is 0 Å². The Morgan fingerprint density at radius 2 is 1.81 bits per heavy atom. The smallest absolute Gasteiger partial charge is 0.0371 e. The van der Waals surface area contributed by atoms with E-state index >= 15 is 0 Å². The van der Waals surface area contributed by atoms with Gasteiger partial charge in [-0.3, -0.25) is 4.98 Å². The lowest BCUT2D eigenvalue weighted by atomic mass is 9.97. The molecule has 0 aromatic carbocycles. The fourth-order valence-electron chi connectivity index (χ4n) is 1.38. The average Bonchev–Trinajstić information content (AvgIpc) is 2.23. The quantitative estimate of drug-likeness (QED) is 0.725. The topological polar surface area (TPSA) is 37.0 Å². The van der Waals surface area contributed by atoms with Crippen molar-refractivity contribution in [1.82, 2.24) is 10.3 Å². The van der Waals surface area contributed by atoms with Gasteiger partial charge < -0.3 is 10.6 Å². The van der Waals surface area contributed by atoms with Crippen LogP contribution >= 0.6 is 0 Å². The van der Waals surface area contributed by atoms with Crippen molar-refractivity contribution in [2.75, 3.05) is 25.0 Å². The zero-order chi connectivity index (χ0) is 11.9. The molecule has 0 saturated heterocycles. The third-order valence-electron chi connectivity index (χ3n) is 2.20. The molecule has 0 aliphatic carbocycles. The maximum absolute atomic E-state index is 3.98. The Morgan fingerprint density at radius 3 is 2.44 bits per heavy atom. The molecule has 0 bridgehead atoms. The van der Waals surface area contributed by atoms with Crippen LogP contribution in [0.2, 0.25) is 0 Å². The molecule has 3 heteroatoms. The van der Waals surface area contributed by atoms with Gasteiger partial charge in [-0.05, 0) is 37.1 Å². The minimum absolute atomic E-state index is 0.374. The molecule has 0 unspecified atom stereocenters. The van der Waals surface area contributed by atoms with Crippen molar-refractivity contribution in [1.29, 1.82) is 0 Å². The van der Waals surface area contributed by atoms with Crippen LogP contribution in [-0.4, -0.2) is 24.6 Å². The second-order valence-electron chi connectivity index (χ2n) is 5.25. The maximum Gasteiger partial charge on any atom is 0.0371 e. The van der Waals surface area contributed by atoms with E-state index in [1.54, 1.807) is 12.4 Å². The van der Waals surface area contributed by atoms with E-state index in [1.807, 2.05) is 12.1 Å². The number of aromatic nitrogens is 1. The molecule has 90 valence electrons. The summed E-state index contributed by atoms with van der Waals surface area (Å²) >= 11 is 0. The summed E-state index contributed by atoms with van der Waals surface area (Å²) in [6, 6.07) is 3.98. The molecule has 0 aliphatic heterocycles. The zero-order valence-corrected chi connectivity index (χ0v) is 10.6. The van der Waals surface area contributed by atoms with Crippen LogP contribution < -0.4 is 10.6 Å². The van der Waals surface area contributed by atoms with E-state index in [0.29, 0.717) is 5.41 Å². The Labute approximate surface area is 98.7 Å². The highest BCUT2D eigenvalue weighted by Gasteiger charge is 2.07. The van der Waals surface area contributed by atoms with Gasteiger partial charge in [0.2, 0.25) is 0 Å². The summed E-state index contributed by atoms with van der Waals surface area (Å²) in [6.07, 6.45) is 4.75. The molecule has 0 spiro atoms. The van der Waals surface area contributed by atoms with Crippen LogP contribution in [0.5, 0.6) is 0 Å². The SMILES string of the molecule is CC(C)(C)CNCCCNc1ccncc1. The van der Waals surface area contributed by atoms with E-state index in [4.69, 9.17) is 0 Å². The predicted octanol–water partition coefficient (Wildman–Crippen LogP) is 2.52. The van der Waals surface area contributed by atoms with Crippen LogP contribution in [-0.2, 0) is 0 Å². The number of pyridine rings is 1. The average molecular weight is 221 g/mol. The highest BCUT2D eigenvalue weighted by atomic mass is 14.9. The van der Waals surface area contributed by atoms with Crippen LogP contribution in [0.4, 0.5) is 5.69 Å². The molecule has 0 fully saturated rings. The molecule has 0 radical (unpaired) electrons. The minimum atomic E-state index is 0.374. The first kappa shape index (κ1) is 13.0. The van der Waals surface area contributed by atoms with Crippen LogP contribution in [0.3, 0.4) is 0 Å². The summed E-state index contributed by atoms with van der Waals surface area (Å²) in [4.78, 5) is 3.98. The lowest BCUT2D eigenvalue weighted by Gasteiger charge is -2.18. The molecule has 1 heterocycles. The van der Waals surface area contributed by atoms with E-state index in [-0.39, 0.29) is 0 Å². The normalized spacial score (nSPS) is 11.4. The Bertz CT molecular complexity index is 277. The lowest BCUT2D eigenvalue weighted by molar-refractivity contribution is 0.380. The summed E-state index contributed by atoms with van der Waals surface area (Å²) in [7, 11) is 0. The number of rotatable bonds is 6. The van der Waals surface area contributed by atoms with Crippen LogP contribution in [0, 0.1) is 5.41 Å². The highest BCUT2D eigenvalue weighted by Crippen LogP contribution is 2.10. The summed E-state index contributed by atoms with van der Waals surface area (Å²) in [6.45, 7) is 9.87. The van der Waals surface area contributed by atoms with Crippen LogP contribution in [0.25, 0.3) is 0 Å². The molecule has 0 amide bonds. The molecular formula is C13H23N3. The van der Waals surface area contributed by atoms with E-state index in [0.717, 1.165) is 31.7 Å². The van der Waals surface area contributed by atoms with Gasteiger partial charge in [0, 0.05) is 24.6 Å². The van der Waals surface area contributed by atoms with Crippen LogP contribution in [0.15, 0.2) is 24.5 Å². The standard InChI is InChI=1S/C13H23N3/c1-13(2,3)11-15-7-4-8-16-12-5-9-14-10-6-12/h5-6,9-10,15H,4,7-8,11H2,1-3H3,(H,14,16). The summed E-state index contributed by atoms with van der Waals surface area (Å²) < 4.78 is 0. The van der Waals surface area contributed by atoms with E-state index in [1.165, 1.54) is 0 Å². The molecule has 1 aromatic heterocycles. The largest absolute Gasteiger partial charge is 0.385 e. The first-order valence-electron chi connectivity index (χ1n) is 5.92. The van der Waals surface area contributed by atoms with Gasteiger partial charge >= 0.3 is 0 Å². The van der Waals surface area contributed by atoms with Crippen LogP contribution in [0.1, 0.15) is 27.2 Å². The summed E-state index contributed by atoms with van der Waals surface area (Å²) in [5.74, 6) is 0. The number of nitrogens with one attached hydrogen (secondary N) is 2. The summed E-state index contributed by atoms with van der Waals surface area (Å²) in [5, 5.41) is 6.82. The Hall–Kier alpha value is -1.09. The van der Waals surface area contributed by atoms with Crippen molar-refractivity contribution in [2.24, 2.45) is 5.41 Å². The zero-order valence-electron chi connectivity index (χ0n) is 10.6. The van der Waals surface area contributed by atoms with Crippen molar-refractivity contribution in [3.63, 3.8) is 0 Å². The lowest BCUT2D eigenvalue weighted by Crippen LogP contribution is -2.28. The minimum Gasteiger partial charge on any atom is -0.385 e. The molecule has 0 atom stereocenters. The first-order chi connectivity index (χ1) is 7.58. The Balaban J connectivity index is 2.01. The van der Waals surface area contributed by atoms with Crippen molar-refractivity contribution >= 4 is 5.69 Å². The van der Waals surface area contributed by atoms with E-state index in [2.05, 4.69) is 36.4 Å². The number of nitrogens with zero attached hydrogens (tertiary/aromatic N) is 1. The second kappa shape index (κ2) is 6.48. The third kappa shape index (κ3) is 6.40. The highest BCUT2D eigenvalue weighted by molar-refractivity contribution is 5.40. The van der Waals surface area contributed by atoms with Gasteiger partial charge in [-0.15, -0.1) is 0 Å². The van der Waals surface area contributed by atoms with Gasteiger partial charge in [0.1, 0.15) is 0 Å². The fraction of sp³-hybridized carbons (Fsp3) is 0.615. The molecular weight excluding hydrogens is 198 g/mol. The molecule has 16 heavy (non-hydrogen) atoms. The van der Waals surface area contributed by atoms with Gasteiger partial charge in [0.25, 0.3) is 0 Å². The number of anilines is 1. The van der Waals surface area contributed by atoms with Crippen molar-refractivity contribution < 1.29 is 0 Å². The van der Waals surface area contributed by atoms with E-state index in [9.17, 15) is 0 Å². The Morgan fingerprint density at radius 1 is 1.12 bits per heavy atom. The fourth-order valence-corrected chi connectivity index (χ4v) is 1.38. The molecule has 0 aliphatic rings. The molecule has 0 saturated carbocycles. The Kier molecular flexibility index (Phi) is 5.26. The molecule has 2 N–H and O–H groups in total. The third-order valence-corrected chi connectivity index (χ3v) is 2.20. The maximum atomic E-state index is 3.98. The monoisotopic (exact) mass is 221 g/mol.